The topological polar surface area (TPSA) is 63.9 Å². The Morgan fingerprint density at radius 1 is 0.816 bits per heavy atom. The van der Waals surface area contributed by atoms with Crippen LogP contribution in [0.5, 0.6) is 5.75 Å². The Morgan fingerprint density at radius 3 is 2.03 bits per heavy atom. The first-order valence-corrected chi connectivity index (χ1v) is 13.4. The van der Waals surface area contributed by atoms with E-state index in [1.165, 1.54) is 0 Å². The molecule has 1 fully saturated rings. The molecule has 198 valence electrons. The Labute approximate surface area is 224 Å². The molecule has 0 bridgehead atoms. The molecule has 0 radical (unpaired) electrons. The molecule has 1 aliphatic carbocycles. The second kappa shape index (κ2) is 11.7. The van der Waals surface area contributed by atoms with Gasteiger partial charge in [0.25, 0.3) is 0 Å². The van der Waals surface area contributed by atoms with Crippen LogP contribution in [-0.2, 0) is 18.0 Å². The second-order valence-corrected chi connectivity index (χ2v) is 10.2. The van der Waals surface area contributed by atoms with Crippen LogP contribution in [0.2, 0.25) is 0 Å². The monoisotopic (exact) mass is 512 g/mol. The Kier molecular flexibility index (Phi) is 7.99. The number of aliphatic hydroxyl groups excluding tert-OH is 1. The van der Waals surface area contributed by atoms with E-state index in [9.17, 15) is 9.90 Å². The van der Waals surface area contributed by atoms with E-state index in [0.717, 1.165) is 48.2 Å². The van der Waals surface area contributed by atoms with Crippen LogP contribution in [-0.4, -0.2) is 26.7 Å². The van der Waals surface area contributed by atoms with Gasteiger partial charge < -0.3 is 24.0 Å². The smallest absolute Gasteiger partial charge is 0.223 e. The van der Waals surface area contributed by atoms with E-state index in [2.05, 4.69) is 9.47 Å². The average Bonchev–Trinajstić information content (AvgIpc) is 2.94. The standard InChI is InChI=1S/C32H36N2O4/c1-23-31(37-21-25-9-5-3-6-10-25)29(35)17-19-33(23)27-13-15-28(16-14-27)34-20-18-30(36)32(24(34)2)38-22-26-11-7-4-8-12-26/h3-12,17-20,27-29,35H,13-16,21-22H2,1-2H3/t27-,28-,29?. The van der Waals surface area contributed by atoms with E-state index < -0.39 is 6.10 Å². The first-order chi connectivity index (χ1) is 18.5. The van der Waals surface area contributed by atoms with E-state index in [0.29, 0.717) is 36.8 Å². The number of pyridine rings is 1. The molecule has 6 heteroatoms. The number of ether oxygens (including phenoxy) is 2. The lowest BCUT2D eigenvalue weighted by molar-refractivity contribution is 0.0955. The van der Waals surface area contributed by atoms with Crippen LogP contribution in [0.1, 0.15) is 55.5 Å². The Balaban J connectivity index is 1.24. The van der Waals surface area contributed by atoms with Gasteiger partial charge in [0.1, 0.15) is 25.1 Å². The molecule has 3 aromatic rings. The maximum absolute atomic E-state index is 12.6. The fourth-order valence-corrected chi connectivity index (χ4v) is 5.58. The third kappa shape index (κ3) is 5.70. The minimum absolute atomic E-state index is 0.0795. The van der Waals surface area contributed by atoms with Crippen LogP contribution < -0.4 is 10.2 Å². The third-order valence-corrected chi connectivity index (χ3v) is 7.68. The van der Waals surface area contributed by atoms with Gasteiger partial charge in [-0.05, 0) is 56.7 Å². The summed E-state index contributed by atoms with van der Waals surface area (Å²) in [6.45, 7) is 4.81. The quantitative estimate of drug-likeness (QED) is 0.410. The summed E-state index contributed by atoms with van der Waals surface area (Å²) in [5.41, 5.74) is 3.88. The molecule has 2 heterocycles. The summed E-state index contributed by atoms with van der Waals surface area (Å²) in [6, 6.07) is 22.2. The van der Waals surface area contributed by atoms with Gasteiger partial charge in [0, 0.05) is 30.5 Å². The third-order valence-electron chi connectivity index (χ3n) is 7.68. The number of hydrogen-bond acceptors (Lipinski definition) is 5. The molecule has 1 saturated carbocycles. The minimum atomic E-state index is -0.732. The lowest BCUT2D eigenvalue weighted by Crippen LogP contribution is -2.37. The first-order valence-electron chi connectivity index (χ1n) is 13.4. The molecule has 1 atom stereocenters. The Bertz CT molecular complexity index is 1340. The van der Waals surface area contributed by atoms with Crippen molar-refractivity contribution in [2.75, 3.05) is 0 Å². The van der Waals surface area contributed by atoms with Crippen LogP contribution in [0.3, 0.4) is 0 Å². The van der Waals surface area contributed by atoms with Crippen LogP contribution in [0.15, 0.2) is 101 Å². The summed E-state index contributed by atoms with van der Waals surface area (Å²) in [5, 5.41) is 10.6. The Morgan fingerprint density at radius 2 is 1.39 bits per heavy atom. The van der Waals surface area contributed by atoms with Gasteiger partial charge in [-0.1, -0.05) is 60.7 Å². The molecule has 6 nitrogen and oxygen atoms in total. The number of aromatic nitrogens is 1. The number of nitrogens with zero attached hydrogens (tertiary/aromatic N) is 2. The molecule has 0 amide bonds. The van der Waals surface area contributed by atoms with Crippen LogP contribution >= 0.6 is 0 Å². The van der Waals surface area contributed by atoms with Gasteiger partial charge in [0.15, 0.2) is 5.75 Å². The highest BCUT2D eigenvalue weighted by atomic mass is 16.5. The van der Waals surface area contributed by atoms with Gasteiger partial charge in [0.05, 0.1) is 11.4 Å². The molecule has 1 N–H and O–H groups in total. The molecule has 0 spiro atoms. The first kappa shape index (κ1) is 25.9. The molecule has 38 heavy (non-hydrogen) atoms. The van der Waals surface area contributed by atoms with Crippen molar-refractivity contribution in [3.8, 4) is 5.75 Å². The molecular formula is C32H36N2O4. The predicted molar refractivity (Wildman–Crippen MR) is 148 cm³/mol. The molecule has 2 aromatic carbocycles. The maximum Gasteiger partial charge on any atom is 0.223 e. The van der Waals surface area contributed by atoms with Gasteiger partial charge in [0.2, 0.25) is 5.43 Å². The van der Waals surface area contributed by atoms with E-state index >= 15 is 0 Å². The second-order valence-electron chi connectivity index (χ2n) is 10.2. The van der Waals surface area contributed by atoms with Crippen molar-refractivity contribution in [1.82, 2.24) is 9.47 Å². The summed E-state index contributed by atoms with van der Waals surface area (Å²) >= 11 is 0. The number of aliphatic hydroxyl groups is 1. The van der Waals surface area contributed by atoms with Crippen molar-refractivity contribution in [2.45, 2.75) is 70.9 Å². The molecule has 1 aromatic heterocycles. The molecule has 1 aliphatic heterocycles. The van der Waals surface area contributed by atoms with Gasteiger partial charge >= 0.3 is 0 Å². The lowest BCUT2D eigenvalue weighted by Gasteiger charge is -2.40. The Hall–Kier alpha value is -3.77. The fourth-order valence-electron chi connectivity index (χ4n) is 5.58. The average molecular weight is 513 g/mol. The van der Waals surface area contributed by atoms with E-state index in [4.69, 9.17) is 9.47 Å². The summed E-state index contributed by atoms with van der Waals surface area (Å²) in [4.78, 5) is 14.9. The van der Waals surface area contributed by atoms with Crippen LogP contribution in [0.25, 0.3) is 0 Å². The largest absolute Gasteiger partial charge is 0.488 e. The number of benzene rings is 2. The predicted octanol–water partition coefficient (Wildman–Crippen LogP) is 5.86. The summed E-state index contributed by atoms with van der Waals surface area (Å²) in [7, 11) is 0. The number of allylic oxidation sites excluding steroid dienone is 1. The molecular weight excluding hydrogens is 476 g/mol. The van der Waals surface area contributed by atoms with Crippen molar-refractivity contribution in [1.29, 1.82) is 0 Å². The van der Waals surface area contributed by atoms with Gasteiger partial charge in [-0.15, -0.1) is 0 Å². The molecule has 5 rings (SSSR count). The normalized spacial score (nSPS) is 21.4. The van der Waals surface area contributed by atoms with Crippen molar-refractivity contribution < 1.29 is 14.6 Å². The highest BCUT2D eigenvalue weighted by Crippen LogP contribution is 2.36. The van der Waals surface area contributed by atoms with Crippen LogP contribution in [0, 0.1) is 6.92 Å². The summed E-state index contributed by atoms with van der Waals surface area (Å²) < 4.78 is 14.3. The van der Waals surface area contributed by atoms with Crippen LogP contribution in [0.4, 0.5) is 0 Å². The van der Waals surface area contributed by atoms with Crippen molar-refractivity contribution in [3.63, 3.8) is 0 Å². The number of hydrogen-bond donors (Lipinski definition) is 1. The summed E-state index contributed by atoms with van der Waals surface area (Å²) in [6.07, 6.45) is 8.97. The van der Waals surface area contributed by atoms with E-state index in [1.54, 1.807) is 6.07 Å². The highest BCUT2D eigenvalue weighted by Gasteiger charge is 2.31. The highest BCUT2D eigenvalue weighted by molar-refractivity contribution is 5.29. The number of rotatable bonds is 8. The minimum Gasteiger partial charge on any atom is -0.488 e. The molecule has 2 aliphatic rings. The SMILES string of the molecule is CC1=C(OCc2ccccc2)C(O)C=CN1[C@H]1CC[C@H](n2ccc(=O)c(OCc3ccccc3)c2C)CC1. The molecule has 1 unspecified atom stereocenters. The van der Waals surface area contributed by atoms with Gasteiger partial charge in [-0.3, -0.25) is 4.79 Å². The van der Waals surface area contributed by atoms with Crippen molar-refractivity contribution >= 4 is 0 Å². The van der Waals surface area contributed by atoms with Gasteiger partial charge in [-0.25, -0.2) is 0 Å². The molecule has 0 saturated heterocycles. The van der Waals surface area contributed by atoms with Crippen molar-refractivity contribution in [2.24, 2.45) is 0 Å². The van der Waals surface area contributed by atoms with E-state index in [1.807, 2.05) is 93.0 Å². The van der Waals surface area contributed by atoms with E-state index in [-0.39, 0.29) is 5.43 Å². The summed E-state index contributed by atoms with van der Waals surface area (Å²) in [5.74, 6) is 1.06. The van der Waals surface area contributed by atoms with Crippen molar-refractivity contribution in [3.05, 3.63) is 124 Å². The zero-order valence-corrected chi connectivity index (χ0v) is 22.1. The fraction of sp³-hybridized carbons (Fsp3) is 0.344. The zero-order valence-electron chi connectivity index (χ0n) is 22.1. The lowest BCUT2D eigenvalue weighted by atomic mass is 9.89. The van der Waals surface area contributed by atoms with Gasteiger partial charge in [-0.2, -0.15) is 0 Å². The maximum atomic E-state index is 12.6. The zero-order chi connectivity index (χ0) is 26.5.